The minimum Gasteiger partial charge on any atom is -0.444 e. The fourth-order valence-electron chi connectivity index (χ4n) is 4.97. The number of halogens is 3. The maximum absolute atomic E-state index is 14.5. The van der Waals surface area contributed by atoms with E-state index in [1.807, 2.05) is 0 Å². The molecule has 3 atom stereocenters. The number of pyridine rings is 2. The fraction of sp³-hybridized carbons (Fsp3) is 0.379. The first-order chi connectivity index (χ1) is 18.4. The summed E-state index contributed by atoms with van der Waals surface area (Å²) in [5, 5.41) is 5.72. The number of benzene rings is 1. The quantitative estimate of drug-likeness (QED) is 0.380. The van der Waals surface area contributed by atoms with E-state index >= 15 is 0 Å². The van der Waals surface area contributed by atoms with Gasteiger partial charge in [0.15, 0.2) is 0 Å². The van der Waals surface area contributed by atoms with Gasteiger partial charge in [0.1, 0.15) is 34.4 Å². The van der Waals surface area contributed by atoms with E-state index in [0.29, 0.717) is 12.1 Å². The number of hydrogen-bond acceptors (Lipinski definition) is 5. The first-order valence-electron chi connectivity index (χ1n) is 12.8. The minimum absolute atomic E-state index is 0.00349. The van der Waals surface area contributed by atoms with Crippen molar-refractivity contribution in [2.24, 2.45) is 5.92 Å². The van der Waals surface area contributed by atoms with Gasteiger partial charge < -0.3 is 15.4 Å². The van der Waals surface area contributed by atoms with Gasteiger partial charge in [0, 0.05) is 12.2 Å². The molecular formula is C29H31F3N4O3. The fourth-order valence-corrected chi connectivity index (χ4v) is 4.97. The van der Waals surface area contributed by atoms with Crippen LogP contribution in [0.15, 0.2) is 48.8 Å². The Labute approximate surface area is 225 Å². The molecule has 0 aliphatic heterocycles. The number of amides is 2. The van der Waals surface area contributed by atoms with Crippen LogP contribution in [0.4, 0.5) is 23.7 Å². The van der Waals surface area contributed by atoms with Crippen LogP contribution in [-0.2, 0) is 4.74 Å². The average Bonchev–Trinajstić information content (AvgIpc) is 2.83. The second-order valence-corrected chi connectivity index (χ2v) is 10.9. The number of carbonyl (C=O) groups excluding carboxylic acids is 2. The number of rotatable bonds is 5. The van der Waals surface area contributed by atoms with E-state index in [2.05, 4.69) is 27.5 Å². The van der Waals surface area contributed by atoms with Gasteiger partial charge in [-0.25, -0.2) is 22.9 Å². The Morgan fingerprint density at radius 3 is 2.38 bits per heavy atom. The van der Waals surface area contributed by atoms with Gasteiger partial charge >= 0.3 is 6.09 Å². The first-order valence-corrected chi connectivity index (χ1v) is 12.8. The van der Waals surface area contributed by atoms with Crippen molar-refractivity contribution in [3.05, 3.63) is 77.5 Å². The van der Waals surface area contributed by atoms with Crippen molar-refractivity contribution >= 4 is 17.7 Å². The molecule has 1 fully saturated rings. The van der Waals surface area contributed by atoms with Crippen molar-refractivity contribution in [2.75, 3.05) is 5.32 Å². The van der Waals surface area contributed by atoms with E-state index in [1.165, 1.54) is 6.20 Å². The Balaban J connectivity index is 1.55. The van der Waals surface area contributed by atoms with E-state index in [9.17, 15) is 22.8 Å². The van der Waals surface area contributed by atoms with E-state index in [-0.39, 0.29) is 23.6 Å². The molecule has 2 N–H and O–H groups in total. The van der Waals surface area contributed by atoms with Crippen LogP contribution in [-0.4, -0.2) is 33.6 Å². The lowest BCUT2D eigenvalue weighted by Crippen LogP contribution is -2.42. The van der Waals surface area contributed by atoms with Gasteiger partial charge in [0.05, 0.1) is 17.4 Å². The number of anilines is 1. The van der Waals surface area contributed by atoms with Crippen LogP contribution >= 0.6 is 0 Å². The zero-order valence-electron chi connectivity index (χ0n) is 22.2. The van der Waals surface area contributed by atoms with Crippen molar-refractivity contribution in [1.82, 2.24) is 15.3 Å². The molecule has 7 nitrogen and oxygen atoms in total. The molecule has 0 bridgehead atoms. The highest BCUT2D eigenvalue weighted by molar-refractivity contribution is 6.03. The molecule has 206 valence electrons. The molecule has 1 aliphatic carbocycles. The molecular weight excluding hydrogens is 509 g/mol. The van der Waals surface area contributed by atoms with Gasteiger partial charge in [-0.3, -0.25) is 9.78 Å². The van der Waals surface area contributed by atoms with Gasteiger partial charge in [0.2, 0.25) is 0 Å². The molecule has 1 aromatic carbocycles. The molecule has 0 spiro atoms. The Bertz CT molecular complexity index is 1360. The average molecular weight is 541 g/mol. The molecule has 0 saturated heterocycles. The van der Waals surface area contributed by atoms with Gasteiger partial charge in [0.25, 0.3) is 5.91 Å². The monoisotopic (exact) mass is 540 g/mol. The molecule has 39 heavy (non-hydrogen) atoms. The number of ether oxygens (including phenoxy) is 1. The van der Waals surface area contributed by atoms with Crippen molar-refractivity contribution in [3.63, 3.8) is 0 Å². The van der Waals surface area contributed by atoms with Crippen molar-refractivity contribution in [1.29, 1.82) is 0 Å². The molecule has 2 heterocycles. The summed E-state index contributed by atoms with van der Waals surface area (Å²) in [6.07, 6.45) is 4.89. The SMILES string of the molecule is CC1CC(NC(=O)OC(C)(C)C)CC(c2ccncc2NC(=O)c2ccc(F)c(-c3c(F)cccc3F)n2)C1. The van der Waals surface area contributed by atoms with Crippen LogP contribution in [0.1, 0.15) is 68.9 Å². The number of nitrogens with zero attached hydrogens (tertiary/aromatic N) is 2. The zero-order chi connectivity index (χ0) is 28.3. The molecule has 10 heteroatoms. The largest absolute Gasteiger partial charge is 0.444 e. The second kappa shape index (κ2) is 11.4. The Morgan fingerprint density at radius 1 is 0.974 bits per heavy atom. The van der Waals surface area contributed by atoms with Gasteiger partial charge in [-0.1, -0.05) is 13.0 Å². The molecule has 4 rings (SSSR count). The highest BCUT2D eigenvalue weighted by atomic mass is 19.1. The number of alkyl carbamates (subject to hydrolysis) is 1. The predicted octanol–water partition coefficient (Wildman–Crippen LogP) is 6.61. The molecule has 3 aromatic rings. The topological polar surface area (TPSA) is 93.2 Å². The zero-order valence-corrected chi connectivity index (χ0v) is 22.2. The summed E-state index contributed by atoms with van der Waals surface area (Å²) in [4.78, 5) is 33.6. The third-order valence-corrected chi connectivity index (χ3v) is 6.48. The van der Waals surface area contributed by atoms with Crippen LogP contribution in [0.2, 0.25) is 0 Å². The number of nitrogens with one attached hydrogen (secondary N) is 2. The summed E-state index contributed by atoms with van der Waals surface area (Å²) in [7, 11) is 0. The standard InChI is InChI=1S/C29H31F3N4O3/c1-16-12-17(14-18(13-16)34-28(38)39-29(2,3)4)19-10-11-33-15-24(19)36-27(37)23-9-8-22(32)26(35-23)25-20(30)6-5-7-21(25)31/h5-11,15-18H,12-14H2,1-4H3,(H,34,38)(H,36,37). The molecule has 1 saturated carbocycles. The van der Waals surface area contributed by atoms with E-state index < -0.39 is 46.3 Å². The van der Waals surface area contributed by atoms with Gasteiger partial charge in [-0.15, -0.1) is 0 Å². The van der Waals surface area contributed by atoms with Crippen molar-refractivity contribution in [2.45, 2.75) is 64.5 Å². The van der Waals surface area contributed by atoms with Gasteiger partial charge in [-0.2, -0.15) is 0 Å². The van der Waals surface area contributed by atoms with Crippen LogP contribution in [0.25, 0.3) is 11.3 Å². The summed E-state index contributed by atoms with van der Waals surface area (Å²) < 4.78 is 48.5. The molecule has 0 radical (unpaired) electrons. The third kappa shape index (κ3) is 6.93. The minimum atomic E-state index is -0.991. The second-order valence-electron chi connectivity index (χ2n) is 10.9. The summed E-state index contributed by atoms with van der Waals surface area (Å²) in [5.74, 6) is -3.34. The highest BCUT2D eigenvalue weighted by Gasteiger charge is 2.31. The molecule has 2 aromatic heterocycles. The van der Waals surface area contributed by atoms with Crippen LogP contribution < -0.4 is 10.6 Å². The molecule has 2 amide bonds. The van der Waals surface area contributed by atoms with Crippen LogP contribution in [0.5, 0.6) is 0 Å². The lowest BCUT2D eigenvalue weighted by Gasteiger charge is -2.35. The number of carbonyl (C=O) groups is 2. The summed E-state index contributed by atoms with van der Waals surface area (Å²) in [6, 6.07) is 6.92. The summed E-state index contributed by atoms with van der Waals surface area (Å²) >= 11 is 0. The van der Waals surface area contributed by atoms with Gasteiger partial charge in [-0.05, 0) is 87.8 Å². The smallest absolute Gasteiger partial charge is 0.407 e. The number of hydrogen-bond donors (Lipinski definition) is 2. The summed E-state index contributed by atoms with van der Waals surface area (Å²) in [5.41, 5.74) is -0.817. The first kappa shape index (κ1) is 28.1. The lowest BCUT2D eigenvalue weighted by atomic mass is 9.76. The highest BCUT2D eigenvalue weighted by Crippen LogP contribution is 2.39. The number of aromatic nitrogens is 2. The van der Waals surface area contributed by atoms with E-state index in [4.69, 9.17) is 4.74 Å². The molecule has 3 unspecified atom stereocenters. The Hall–Kier alpha value is -3.95. The normalized spacial score (nSPS) is 19.3. The summed E-state index contributed by atoms with van der Waals surface area (Å²) in [6.45, 7) is 7.50. The maximum Gasteiger partial charge on any atom is 0.407 e. The Morgan fingerprint density at radius 2 is 1.69 bits per heavy atom. The third-order valence-electron chi connectivity index (χ3n) is 6.48. The maximum atomic E-state index is 14.5. The van der Waals surface area contributed by atoms with E-state index in [1.54, 1.807) is 33.0 Å². The van der Waals surface area contributed by atoms with Crippen LogP contribution in [0, 0.1) is 23.4 Å². The Kier molecular flexibility index (Phi) is 8.22. The van der Waals surface area contributed by atoms with E-state index in [0.717, 1.165) is 48.7 Å². The lowest BCUT2D eigenvalue weighted by molar-refractivity contribution is 0.0482. The van der Waals surface area contributed by atoms with Crippen LogP contribution in [0.3, 0.4) is 0 Å². The predicted molar refractivity (Wildman–Crippen MR) is 141 cm³/mol. The van der Waals surface area contributed by atoms with Crippen molar-refractivity contribution in [3.8, 4) is 11.3 Å². The molecule has 1 aliphatic rings. The van der Waals surface area contributed by atoms with Crippen molar-refractivity contribution < 1.29 is 27.5 Å².